The standard InChI is InChI=1S/C13H12N2O4/c1-8-6-11(12(17)18)15-13(14-8)19-10-4-2-9(7-16)3-5-10/h2-6,16H,7H2,1H3,(H,17,18). The molecule has 98 valence electrons. The highest BCUT2D eigenvalue weighted by atomic mass is 16.5. The van der Waals surface area contributed by atoms with Crippen LogP contribution in [0.15, 0.2) is 30.3 Å². The van der Waals surface area contributed by atoms with E-state index in [0.717, 1.165) is 5.56 Å². The number of aromatic carboxylic acids is 1. The lowest BCUT2D eigenvalue weighted by Crippen LogP contribution is -2.04. The summed E-state index contributed by atoms with van der Waals surface area (Å²) in [6, 6.07) is 8.04. The lowest BCUT2D eigenvalue weighted by atomic mass is 10.2. The fourth-order valence-electron chi connectivity index (χ4n) is 1.46. The Morgan fingerprint density at radius 1 is 1.26 bits per heavy atom. The summed E-state index contributed by atoms with van der Waals surface area (Å²) in [6.45, 7) is 1.61. The molecule has 1 aromatic heterocycles. The molecule has 19 heavy (non-hydrogen) atoms. The first-order valence-corrected chi connectivity index (χ1v) is 5.55. The molecule has 0 aliphatic heterocycles. The molecule has 0 spiro atoms. The van der Waals surface area contributed by atoms with Crippen molar-refractivity contribution in [1.82, 2.24) is 9.97 Å². The third-order valence-electron chi connectivity index (χ3n) is 2.37. The van der Waals surface area contributed by atoms with Crippen molar-refractivity contribution >= 4 is 5.97 Å². The second-order valence-electron chi connectivity index (χ2n) is 3.89. The van der Waals surface area contributed by atoms with Crippen LogP contribution in [0.25, 0.3) is 0 Å². The quantitative estimate of drug-likeness (QED) is 0.870. The molecule has 1 aromatic carbocycles. The molecule has 2 rings (SSSR count). The van der Waals surface area contributed by atoms with Gasteiger partial charge in [-0.15, -0.1) is 0 Å². The number of hydrogen-bond acceptors (Lipinski definition) is 5. The summed E-state index contributed by atoms with van der Waals surface area (Å²) >= 11 is 0. The predicted octanol–water partition coefficient (Wildman–Crippen LogP) is 1.77. The van der Waals surface area contributed by atoms with Gasteiger partial charge in [-0.2, -0.15) is 4.98 Å². The van der Waals surface area contributed by atoms with E-state index >= 15 is 0 Å². The Balaban J connectivity index is 2.24. The number of benzene rings is 1. The fraction of sp³-hybridized carbons (Fsp3) is 0.154. The van der Waals surface area contributed by atoms with E-state index in [1.807, 2.05) is 0 Å². The predicted molar refractivity (Wildman–Crippen MR) is 66.2 cm³/mol. The van der Waals surface area contributed by atoms with E-state index in [9.17, 15) is 4.79 Å². The van der Waals surface area contributed by atoms with E-state index in [1.165, 1.54) is 6.07 Å². The molecule has 0 bridgehead atoms. The van der Waals surface area contributed by atoms with Crippen LogP contribution in [0.1, 0.15) is 21.7 Å². The van der Waals surface area contributed by atoms with Gasteiger partial charge in [-0.1, -0.05) is 12.1 Å². The van der Waals surface area contributed by atoms with Crippen LogP contribution in [-0.2, 0) is 6.61 Å². The fourth-order valence-corrected chi connectivity index (χ4v) is 1.46. The average Bonchev–Trinajstić information content (AvgIpc) is 2.39. The highest BCUT2D eigenvalue weighted by Gasteiger charge is 2.10. The van der Waals surface area contributed by atoms with Crippen LogP contribution < -0.4 is 4.74 Å². The second kappa shape index (κ2) is 5.45. The number of carboxylic acid groups (broad SMARTS) is 1. The highest BCUT2D eigenvalue weighted by Crippen LogP contribution is 2.19. The summed E-state index contributed by atoms with van der Waals surface area (Å²) in [6.07, 6.45) is 0. The summed E-state index contributed by atoms with van der Waals surface area (Å²) < 4.78 is 5.38. The zero-order valence-electron chi connectivity index (χ0n) is 10.2. The molecule has 0 radical (unpaired) electrons. The first-order chi connectivity index (χ1) is 9.08. The van der Waals surface area contributed by atoms with Crippen molar-refractivity contribution in [3.63, 3.8) is 0 Å². The van der Waals surface area contributed by atoms with Crippen LogP contribution in [0.2, 0.25) is 0 Å². The molecule has 0 unspecified atom stereocenters. The summed E-state index contributed by atoms with van der Waals surface area (Å²) in [7, 11) is 0. The maximum Gasteiger partial charge on any atom is 0.354 e. The Bertz CT molecular complexity index is 596. The lowest BCUT2D eigenvalue weighted by molar-refractivity contribution is 0.0689. The highest BCUT2D eigenvalue weighted by molar-refractivity contribution is 5.85. The Kier molecular flexibility index (Phi) is 3.72. The van der Waals surface area contributed by atoms with Crippen LogP contribution in [0.3, 0.4) is 0 Å². The van der Waals surface area contributed by atoms with E-state index in [4.69, 9.17) is 14.9 Å². The van der Waals surface area contributed by atoms with Gasteiger partial charge in [0.2, 0.25) is 0 Å². The molecule has 0 aliphatic rings. The van der Waals surface area contributed by atoms with Gasteiger partial charge < -0.3 is 14.9 Å². The molecular weight excluding hydrogens is 248 g/mol. The molecule has 0 saturated heterocycles. The van der Waals surface area contributed by atoms with Gasteiger partial charge in [0, 0.05) is 5.69 Å². The molecular formula is C13H12N2O4. The van der Waals surface area contributed by atoms with Crippen LogP contribution in [0, 0.1) is 6.92 Å². The minimum atomic E-state index is -1.13. The van der Waals surface area contributed by atoms with Gasteiger partial charge in [-0.05, 0) is 30.7 Å². The maximum atomic E-state index is 10.9. The Hall–Kier alpha value is -2.47. The van der Waals surface area contributed by atoms with Gasteiger partial charge in [-0.3, -0.25) is 0 Å². The van der Waals surface area contributed by atoms with Crippen molar-refractivity contribution in [2.45, 2.75) is 13.5 Å². The molecule has 0 amide bonds. The summed E-state index contributed by atoms with van der Waals surface area (Å²) in [4.78, 5) is 18.7. The molecule has 6 nitrogen and oxygen atoms in total. The third-order valence-corrected chi connectivity index (χ3v) is 2.37. The van der Waals surface area contributed by atoms with Crippen molar-refractivity contribution in [2.24, 2.45) is 0 Å². The number of ether oxygens (including phenoxy) is 1. The van der Waals surface area contributed by atoms with E-state index in [-0.39, 0.29) is 18.3 Å². The van der Waals surface area contributed by atoms with Crippen molar-refractivity contribution in [3.8, 4) is 11.8 Å². The number of aromatic nitrogens is 2. The van der Waals surface area contributed by atoms with Gasteiger partial charge >= 0.3 is 12.0 Å². The molecule has 0 atom stereocenters. The number of hydrogen-bond donors (Lipinski definition) is 2. The topological polar surface area (TPSA) is 92.5 Å². The summed E-state index contributed by atoms with van der Waals surface area (Å²) in [5.41, 5.74) is 1.15. The number of aliphatic hydroxyl groups is 1. The van der Waals surface area contributed by atoms with Crippen LogP contribution in [-0.4, -0.2) is 26.2 Å². The second-order valence-corrected chi connectivity index (χ2v) is 3.89. The monoisotopic (exact) mass is 260 g/mol. The number of carbonyl (C=O) groups is 1. The Labute approximate surface area is 109 Å². The van der Waals surface area contributed by atoms with E-state index in [0.29, 0.717) is 11.4 Å². The number of aliphatic hydroxyl groups excluding tert-OH is 1. The zero-order valence-corrected chi connectivity index (χ0v) is 10.2. The largest absolute Gasteiger partial charge is 0.477 e. The summed E-state index contributed by atoms with van der Waals surface area (Å²) in [5, 5.41) is 17.8. The Morgan fingerprint density at radius 2 is 1.95 bits per heavy atom. The van der Waals surface area contributed by atoms with Crippen molar-refractivity contribution in [2.75, 3.05) is 0 Å². The van der Waals surface area contributed by atoms with Gasteiger partial charge in [0.1, 0.15) is 5.75 Å². The number of rotatable bonds is 4. The molecule has 2 N–H and O–H groups in total. The first kappa shape index (κ1) is 13.0. The maximum absolute atomic E-state index is 10.9. The average molecular weight is 260 g/mol. The number of nitrogens with zero attached hydrogens (tertiary/aromatic N) is 2. The SMILES string of the molecule is Cc1cc(C(=O)O)nc(Oc2ccc(CO)cc2)n1. The van der Waals surface area contributed by atoms with E-state index < -0.39 is 5.97 Å². The normalized spacial score (nSPS) is 10.2. The van der Waals surface area contributed by atoms with E-state index in [1.54, 1.807) is 31.2 Å². The minimum absolute atomic E-state index is 0.0193. The lowest BCUT2D eigenvalue weighted by Gasteiger charge is -2.06. The van der Waals surface area contributed by atoms with Gasteiger partial charge in [0.15, 0.2) is 5.69 Å². The van der Waals surface area contributed by atoms with Crippen molar-refractivity contribution < 1.29 is 19.7 Å². The molecule has 1 heterocycles. The zero-order chi connectivity index (χ0) is 13.8. The number of carboxylic acids is 1. The molecule has 0 saturated carbocycles. The molecule has 0 fully saturated rings. The van der Waals surface area contributed by atoms with Crippen molar-refractivity contribution in [3.05, 3.63) is 47.3 Å². The van der Waals surface area contributed by atoms with Crippen molar-refractivity contribution in [1.29, 1.82) is 0 Å². The van der Waals surface area contributed by atoms with Gasteiger partial charge in [-0.25, -0.2) is 9.78 Å². The molecule has 6 heteroatoms. The molecule has 2 aromatic rings. The van der Waals surface area contributed by atoms with Crippen LogP contribution >= 0.6 is 0 Å². The third kappa shape index (κ3) is 3.26. The van der Waals surface area contributed by atoms with Gasteiger partial charge in [0.25, 0.3) is 0 Å². The van der Waals surface area contributed by atoms with Gasteiger partial charge in [0.05, 0.1) is 6.61 Å². The minimum Gasteiger partial charge on any atom is -0.477 e. The summed E-state index contributed by atoms with van der Waals surface area (Å²) in [5.74, 6) is -0.662. The number of aryl methyl sites for hydroxylation is 1. The van der Waals surface area contributed by atoms with Crippen LogP contribution in [0.4, 0.5) is 0 Å². The molecule has 0 aliphatic carbocycles. The smallest absolute Gasteiger partial charge is 0.354 e. The van der Waals surface area contributed by atoms with Crippen LogP contribution in [0.5, 0.6) is 11.8 Å². The van der Waals surface area contributed by atoms with E-state index in [2.05, 4.69) is 9.97 Å². The Morgan fingerprint density at radius 3 is 2.53 bits per heavy atom. The first-order valence-electron chi connectivity index (χ1n) is 5.55.